The highest BCUT2D eigenvalue weighted by Gasteiger charge is 2.37. The molecule has 1 nitrogen and oxygen atoms in total. The van der Waals surface area contributed by atoms with E-state index >= 15 is 0 Å². The van der Waals surface area contributed by atoms with Gasteiger partial charge in [0.1, 0.15) is 0 Å². The van der Waals surface area contributed by atoms with Crippen molar-refractivity contribution in [1.29, 1.82) is 0 Å². The minimum absolute atomic E-state index is 0.103. The fourth-order valence-corrected chi connectivity index (χ4v) is 10.3. The second-order valence-corrected chi connectivity index (χ2v) is 17.3. The lowest BCUT2D eigenvalue weighted by Gasteiger charge is -2.32. The lowest BCUT2D eigenvalue weighted by atomic mass is 9.81. The molecule has 1 heteroatoms. The van der Waals surface area contributed by atoms with Crippen LogP contribution in [0, 0.1) is 0 Å². The predicted molar refractivity (Wildman–Crippen MR) is 250 cm³/mol. The Morgan fingerprint density at radius 3 is 1.44 bits per heavy atom. The Morgan fingerprint density at radius 2 is 0.780 bits per heavy atom. The van der Waals surface area contributed by atoms with Gasteiger partial charge in [0.05, 0.1) is 11.4 Å². The molecule has 0 fully saturated rings. The first-order chi connectivity index (χ1) is 28.8. The van der Waals surface area contributed by atoms with Crippen LogP contribution in [0.5, 0.6) is 0 Å². The molecule has 0 spiro atoms. The zero-order valence-electron chi connectivity index (χ0n) is 34.0. The van der Waals surface area contributed by atoms with Gasteiger partial charge < -0.3 is 4.90 Å². The summed E-state index contributed by atoms with van der Waals surface area (Å²) < 4.78 is 0. The van der Waals surface area contributed by atoms with Crippen LogP contribution in [0.4, 0.5) is 17.1 Å². The molecule has 0 amide bonds. The van der Waals surface area contributed by atoms with E-state index in [0.29, 0.717) is 0 Å². The molecule has 0 saturated heterocycles. The van der Waals surface area contributed by atoms with Crippen molar-refractivity contribution < 1.29 is 0 Å². The van der Waals surface area contributed by atoms with Gasteiger partial charge in [-0.15, -0.1) is 0 Å². The lowest BCUT2D eigenvalue weighted by molar-refractivity contribution is 0.660. The molecule has 0 saturated carbocycles. The molecule has 0 radical (unpaired) electrons. The SMILES string of the molecule is CC1(C)c2ccccc2-c2ccc(-c3ccccc3N(c3ccc4c(c3)C(C)(C)c3ccccc3-4)c3ccccc3-c3cccc4cccc(-c5ccccc5)c34)cc21. The Hall–Kier alpha value is -6.96. The van der Waals surface area contributed by atoms with Crippen molar-refractivity contribution >= 4 is 27.8 Å². The van der Waals surface area contributed by atoms with Crippen LogP contribution >= 0.6 is 0 Å². The van der Waals surface area contributed by atoms with E-state index in [1.54, 1.807) is 0 Å². The largest absolute Gasteiger partial charge is 0.309 e. The Kier molecular flexibility index (Phi) is 7.94. The third kappa shape index (κ3) is 5.38. The van der Waals surface area contributed by atoms with Crippen molar-refractivity contribution in [1.82, 2.24) is 0 Å². The summed E-state index contributed by atoms with van der Waals surface area (Å²) in [5, 5.41) is 2.48. The van der Waals surface area contributed by atoms with E-state index in [-0.39, 0.29) is 10.8 Å². The number of fused-ring (bicyclic) bond motifs is 7. The standard InChI is InChI=1S/C58H45N/c1-57(2)50-28-12-8-23-44(50)46-34-32-40(36-52(46)57)42-22-10-14-30-54(42)59(41-33-35-47-45-24-9-13-29-51(45)58(3,4)53(47)37-41)55-31-15-11-25-48(55)49-27-17-21-39-20-16-26-43(56(39)49)38-18-6-5-7-19-38/h5-37H,1-4H3. The first kappa shape index (κ1) is 35.2. The molecule has 0 aliphatic heterocycles. The summed E-state index contributed by atoms with van der Waals surface area (Å²) in [6.07, 6.45) is 0. The normalized spacial score (nSPS) is 14.0. The zero-order chi connectivity index (χ0) is 39.9. The summed E-state index contributed by atoms with van der Waals surface area (Å²) in [5.74, 6) is 0. The molecule has 0 N–H and O–H groups in total. The van der Waals surface area contributed by atoms with Gasteiger partial charge in [-0.3, -0.25) is 0 Å². The monoisotopic (exact) mass is 755 g/mol. The molecule has 282 valence electrons. The van der Waals surface area contributed by atoms with Crippen LogP contribution in [0.25, 0.3) is 66.4 Å². The van der Waals surface area contributed by atoms with Crippen molar-refractivity contribution in [3.63, 3.8) is 0 Å². The van der Waals surface area contributed by atoms with Gasteiger partial charge in [-0.1, -0.05) is 198 Å². The highest BCUT2D eigenvalue weighted by atomic mass is 15.1. The summed E-state index contributed by atoms with van der Waals surface area (Å²) in [6, 6.07) is 74.4. The fraction of sp³-hybridized carbons (Fsp3) is 0.103. The van der Waals surface area contributed by atoms with Crippen LogP contribution < -0.4 is 4.90 Å². The topological polar surface area (TPSA) is 3.24 Å². The molecule has 59 heavy (non-hydrogen) atoms. The summed E-state index contributed by atoms with van der Waals surface area (Å²) in [7, 11) is 0. The van der Waals surface area contributed by atoms with Gasteiger partial charge in [0, 0.05) is 27.6 Å². The summed E-state index contributed by atoms with van der Waals surface area (Å²) in [6.45, 7) is 9.49. The van der Waals surface area contributed by atoms with E-state index < -0.39 is 0 Å². The predicted octanol–water partition coefficient (Wildman–Crippen LogP) is 15.9. The molecule has 0 atom stereocenters. The maximum absolute atomic E-state index is 2.53. The van der Waals surface area contributed by atoms with Crippen molar-refractivity contribution in [3.05, 3.63) is 222 Å². The molecule has 2 aliphatic rings. The molecular weight excluding hydrogens is 711 g/mol. The summed E-state index contributed by atoms with van der Waals surface area (Å²) in [4.78, 5) is 2.53. The third-order valence-electron chi connectivity index (χ3n) is 13.3. The highest BCUT2D eigenvalue weighted by molar-refractivity contribution is 6.09. The van der Waals surface area contributed by atoms with Gasteiger partial charge in [-0.2, -0.15) is 0 Å². The third-order valence-corrected chi connectivity index (χ3v) is 13.3. The molecule has 9 aromatic rings. The Labute approximate surface area is 347 Å². The van der Waals surface area contributed by atoms with Crippen molar-refractivity contribution in [2.24, 2.45) is 0 Å². The van der Waals surface area contributed by atoms with Crippen molar-refractivity contribution in [3.8, 4) is 55.6 Å². The number of para-hydroxylation sites is 2. The van der Waals surface area contributed by atoms with Crippen LogP contribution in [0.1, 0.15) is 49.9 Å². The molecule has 11 rings (SSSR count). The summed E-state index contributed by atoms with van der Waals surface area (Å²) >= 11 is 0. The van der Waals surface area contributed by atoms with Crippen LogP contribution in [0.3, 0.4) is 0 Å². The average molecular weight is 756 g/mol. The maximum atomic E-state index is 2.53. The second-order valence-electron chi connectivity index (χ2n) is 17.3. The van der Waals surface area contributed by atoms with E-state index in [2.05, 4.69) is 233 Å². The van der Waals surface area contributed by atoms with E-state index in [9.17, 15) is 0 Å². The zero-order valence-corrected chi connectivity index (χ0v) is 34.0. The number of rotatable bonds is 6. The average Bonchev–Trinajstić information content (AvgIpc) is 3.65. The first-order valence-electron chi connectivity index (χ1n) is 20.9. The number of nitrogens with zero attached hydrogens (tertiary/aromatic N) is 1. The van der Waals surface area contributed by atoms with Gasteiger partial charge in [0.25, 0.3) is 0 Å². The Morgan fingerprint density at radius 1 is 0.305 bits per heavy atom. The van der Waals surface area contributed by atoms with Crippen LogP contribution in [0.2, 0.25) is 0 Å². The molecular formula is C58H45N. The number of hydrogen-bond donors (Lipinski definition) is 0. The van der Waals surface area contributed by atoms with Gasteiger partial charge in [-0.05, 0) is 108 Å². The highest BCUT2D eigenvalue weighted by Crippen LogP contribution is 2.54. The van der Waals surface area contributed by atoms with Crippen LogP contribution in [-0.4, -0.2) is 0 Å². The summed E-state index contributed by atoms with van der Waals surface area (Å²) in [5.41, 5.74) is 21.3. The Balaban J connectivity index is 1.16. The van der Waals surface area contributed by atoms with Crippen molar-refractivity contribution in [2.75, 3.05) is 4.90 Å². The van der Waals surface area contributed by atoms with Gasteiger partial charge in [-0.25, -0.2) is 0 Å². The van der Waals surface area contributed by atoms with E-state index in [4.69, 9.17) is 0 Å². The second kappa shape index (κ2) is 13.3. The quantitative estimate of drug-likeness (QED) is 0.163. The van der Waals surface area contributed by atoms with Crippen molar-refractivity contribution in [2.45, 2.75) is 38.5 Å². The first-order valence-corrected chi connectivity index (χ1v) is 20.9. The molecule has 0 bridgehead atoms. The molecule has 0 unspecified atom stereocenters. The van der Waals surface area contributed by atoms with Crippen LogP contribution in [0.15, 0.2) is 200 Å². The maximum Gasteiger partial charge on any atom is 0.0540 e. The van der Waals surface area contributed by atoms with E-state index in [1.165, 1.54) is 88.7 Å². The van der Waals surface area contributed by atoms with Gasteiger partial charge >= 0.3 is 0 Å². The number of hydrogen-bond acceptors (Lipinski definition) is 1. The Bertz CT molecular complexity index is 3110. The molecule has 9 aromatic carbocycles. The smallest absolute Gasteiger partial charge is 0.0540 e. The molecule has 2 aliphatic carbocycles. The minimum atomic E-state index is -0.145. The van der Waals surface area contributed by atoms with Gasteiger partial charge in [0.15, 0.2) is 0 Å². The molecule has 0 heterocycles. The minimum Gasteiger partial charge on any atom is -0.309 e. The van der Waals surface area contributed by atoms with Gasteiger partial charge in [0.2, 0.25) is 0 Å². The number of benzene rings is 9. The van der Waals surface area contributed by atoms with Crippen LogP contribution in [-0.2, 0) is 10.8 Å². The van der Waals surface area contributed by atoms with E-state index in [0.717, 1.165) is 17.1 Å². The number of anilines is 3. The molecule has 0 aromatic heterocycles. The lowest BCUT2D eigenvalue weighted by Crippen LogP contribution is -2.17. The fourth-order valence-electron chi connectivity index (χ4n) is 10.3. The van der Waals surface area contributed by atoms with E-state index in [1.807, 2.05) is 0 Å².